The number of nitrogens with one attached hydrogen (secondary N) is 2. The lowest BCUT2D eigenvalue weighted by atomic mass is 10.1. The molecule has 0 aromatic carbocycles. The van der Waals surface area contributed by atoms with Crippen molar-refractivity contribution in [3.05, 3.63) is 0 Å². The van der Waals surface area contributed by atoms with Crippen LogP contribution in [0.1, 0.15) is 33.6 Å². The van der Waals surface area contributed by atoms with Crippen LogP contribution in [0.5, 0.6) is 0 Å². The average Bonchev–Trinajstić information content (AvgIpc) is 2.78. The Balaban J connectivity index is 2.56. The number of carbonyl (C=O) groups is 1. The molecule has 1 heterocycles. The van der Waals surface area contributed by atoms with Gasteiger partial charge >= 0.3 is 0 Å². The van der Waals surface area contributed by atoms with Crippen molar-refractivity contribution in [3.8, 4) is 0 Å². The predicted molar refractivity (Wildman–Crippen MR) is 66.4 cm³/mol. The summed E-state index contributed by atoms with van der Waals surface area (Å²) >= 11 is 0. The van der Waals surface area contributed by atoms with Crippen molar-refractivity contribution in [2.45, 2.75) is 45.7 Å². The van der Waals surface area contributed by atoms with E-state index in [9.17, 15) is 4.79 Å². The fraction of sp³-hybridized carbons (Fsp3) is 0.917. The van der Waals surface area contributed by atoms with Gasteiger partial charge in [-0.05, 0) is 39.8 Å². The van der Waals surface area contributed by atoms with Crippen LogP contribution in [0.25, 0.3) is 0 Å². The van der Waals surface area contributed by atoms with E-state index in [1.807, 2.05) is 13.8 Å². The summed E-state index contributed by atoms with van der Waals surface area (Å²) in [6.45, 7) is 9.96. The molecular formula is C12H25N3O. The Kier molecular flexibility index (Phi) is 5.77. The Bertz CT molecular complexity index is 214. The summed E-state index contributed by atoms with van der Waals surface area (Å²) in [6.07, 6.45) is 2.25. The van der Waals surface area contributed by atoms with E-state index < -0.39 is 0 Å². The first-order valence-corrected chi connectivity index (χ1v) is 6.44. The zero-order valence-corrected chi connectivity index (χ0v) is 10.8. The highest BCUT2D eigenvalue weighted by atomic mass is 16.2. The number of nitrogens with zero attached hydrogens (tertiary/aromatic N) is 1. The molecule has 0 aromatic heterocycles. The first-order chi connectivity index (χ1) is 7.70. The second kappa shape index (κ2) is 6.86. The van der Waals surface area contributed by atoms with Gasteiger partial charge in [0.05, 0.1) is 6.04 Å². The van der Waals surface area contributed by atoms with Crippen molar-refractivity contribution < 1.29 is 4.79 Å². The van der Waals surface area contributed by atoms with Crippen LogP contribution < -0.4 is 10.6 Å². The molecule has 0 aliphatic carbocycles. The van der Waals surface area contributed by atoms with Gasteiger partial charge in [0.2, 0.25) is 5.91 Å². The number of likely N-dealkylation sites (N-methyl/N-ethyl adjacent to an activating group) is 1. The molecule has 0 saturated carbocycles. The summed E-state index contributed by atoms with van der Waals surface area (Å²) in [7, 11) is 0. The number of hydrogen-bond donors (Lipinski definition) is 2. The maximum Gasteiger partial charge on any atom is 0.237 e. The smallest absolute Gasteiger partial charge is 0.237 e. The third-order valence-electron chi connectivity index (χ3n) is 3.21. The molecule has 94 valence electrons. The fourth-order valence-electron chi connectivity index (χ4n) is 2.35. The van der Waals surface area contributed by atoms with Crippen molar-refractivity contribution >= 4 is 5.91 Å². The lowest BCUT2D eigenvalue weighted by Crippen LogP contribution is -2.50. The minimum atomic E-state index is -0.00944. The highest BCUT2D eigenvalue weighted by Gasteiger charge is 2.28. The zero-order chi connectivity index (χ0) is 12.0. The van der Waals surface area contributed by atoms with Crippen LogP contribution in [-0.2, 0) is 4.79 Å². The summed E-state index contributed by atoms with van der Waals surface area (Å²) < 4.78 is 0. The minimum Gasteiger partial charge on any atom is -0.355 e. The van der Waals surface area contributed by atoms with E-state index in [0.717, 1.165) is 32.5 Å². The fourth-order valence-corrected chi connectivity index (χ4v) is 2.35. The minimum absolute atomic E-state index is 0.00944. The van der Waals surface area contributed by atoms with Crippen LogP contribution >= 0.6 is 0 Å². The third-order valence-corrected chi connectivity index (χ3v) is 3.21. The lowest BCUT2D eigenvalue weighted by Gasteiger charge is -2.32. The Morgan fingerprint density at radius 1 is 1.56 bits per heavy atom. The Morgan fingerprint density at radius 2 is 2.31 bits per heavy atom. The molecule has 2 unspecified atom stereocenters. The van der Waals surface area contributed by atoms with Crippen molar-refractivity contribution in [2.24, 2.45) is 0 Å². The predicted octanol–water partition coefficient (Wildman–Crippen LogP) is 0.585. The number of amides is 1. The standard InChI is InChI=1S/C12H25N3O/c1-4-8-15(11-6-7-13-9-11)10(3)12(16)14-5-2/h10-11,13H,4-9H2,1-3H3,(H,14,16). The van der Waals surface area contributed by atoms with Crippen LogP contribution in [0.3, 0.4) is 0 Å². The quantitative estimate of drug-likeness (QED) is 0.698. The van der Waals surface area contributed by atoms with Crippen LogP contribution in [0.15, 0.2) is 0 Å². The van der Waals surface area contributed by atoms with E-state index >= 15 is 0 Å². The first-order valence-electron chi connectivity index (χ1n) is 6.44. The second-order valence-corrected chi connectivity index (χ2v) is 4.46. The van der Waals surface area contributed by atoms with Crippen molar-refractivity contribution in [3.63, 3.8) is 0 Å². The SMILES string of the molecule is CCCN(C1CCNC1)C(C)C(=O)NCC. The first kappa shape index (κ1) is 13.5. The molecular weight excluding hydrogens is 202 g/mol. The Morgan fingerprint density at radius 3 is 2.81 bits per heavy atom. The maximum absolute atomic E-state index is 11.8. The molecule has 0 aromatic rings. The van der Waals surface area contributed by atoms with E-state index in [4.69, 9.17) is 0 Å². The lowest BCUT2D eigenvalue weighted by molar-refractivity contribution is -0.126. The van der Waals surface area contributed by atoms with Gasteiger partial charge in [-0.1, -0.05) is 6.92 Å². The zero-order valence-electron chi connectivity index (χ0n) is 10.8. The van der Waals surface area contributed by atoms with Crippen molar-refractivity contribution in [1.82, 2.24) is 15.5 Å². The summed E-state index contributed by atoms with van der Waals surface area (Å²) in [4.78, 5) is 14.2. The van der Waals surface area contributed by atoms with Gasteiger partial charge in [0.1, 0.15) is 0 Å². The normalized spacial score (nSPS) is 22.4. The highest BCUT2D eigenvalue weighted by molar-refractivity contribution is 5.81. The van der Waals surface area contributed by atoms with Gasteiger partial charge < -0.3 is 10.6 Å². The molecule has 4 heteroatoms. The summed E-state index contributed by atoms with van der Waals surface area (Å²) in [6, 6.07) is 0.516. The molecule has 0 radical (unpaired) electrons. The Hall–Kier alpha value is -0.610. The number of carbonyl (C=O) groups excluding carboxylic acids is 1. The van der Waals surface area contributed by atoms with Gasteiger partial charge in [-0.15, -0.1) is 0 Å². The van der Waals surface area contributed by atoms with E-state index in [2.05, 4.69) is 22.5 Å². The van der Waals surface area contributed by atoms with Crippen molar-refractivity contribution in [1.29, 1.82) is 0 Å². The molecule has 2 N–H and O–H groups in total. The monoisotopic (exact) mass is 227 g/mol. The number of rotatable bonds is 6. The van der Waals surface area contributed by atoms with Gasteiger partial charge in [-0.3, -0.25) is 9.69 Å². The topological polar surface area (TPSA) is 44.4 Å². The molecule has 1 rings (SSSR count). The molecule has 4 nitrogen and oxygen atoms in total. The van der Waals surface area contributed by atoms with Crippen LogP contribution in [0.2, 0.25) is 0 Å². The van der Waals surface area contributed by atoms with Gasteiger partial charge in [0, 0.05) is 19.1 Å². The second-order valence-electron chi connectivity index (χ2n) is 4.46. The highest BCUT2D eigenvalue weighted by Crippen LogP contribution is 2.13. The molecule has 0 bridgehead atoms. The van der Waals surface area contributed by atoms with Gasteiger partial charge in [0.15, 0.2) is 0 Å². The molecule has 1 aliphatic rings. The van der Waals surface area contributed by atoms with Crippen molar-refractivity contribution in [2.75, 3.05) is 26.2 Å². The molecule has 1 aliphatic heterocycles. The van der Waals surface area contributed by atoms with Crippen LogP contribution in [0, 0.1) is 0 Å². The molecule has 2 atom stereocenters. The average molecular weight is 227 g/mol. The van der Waals surface area contributed by atoms with E-state index in [1.54, 1.807) is 0 Å². The number of hydrogen-bond acceptors (Lipinski definition) is 3. The van der Waals surface area contributed by atoms with Gasteiger partial charge in [-0.25, -0.2) is 0 Å². The van der Waals surface area contributed by atoms with Gasteiger partial charge in [-0.2, -0.15) is 0 Å². The third kappa shape index (κ3) is 3.46. The summed E-state index contributed by atoms with van der Waals surface area (Å²) in [5.41, 5.74) is 0. The van der Waals surface area contributed by atoms with E-state index in [-0.39, 0.29) is 11.9 Å². The summed E-state index contributed by atoms with van der Waals surface area (Å²) in [5, 5.41) is 6.27. The largest absolute Gasteiger partial charge is 0.355 e. The Labute approximate surface area is 98.8 Å². The summed E-state index contributed by atoms with van der Waals surface area (Å²) in [5.74, 6) is 0.155. The molecule has 1 amide bonds. The molecule has 1 saturated heterocycles. The molecule has 1 fully saturated rings. The van der Waals surface area contributed by atoms with E-state index in [0.29, 0.717) is 12.6 Å². The maximum atomic E-state index is 11.8. The molecule has 0 spiro atoms. The van der Waals surface area contributed by atoms with Gasteiger partial charge in [0.25, 0.3) is 0 Å². The van der Waals surface area contributed by atoms with E-state index in [1.165, 1.54) is 0 Å². The molecule has 16 heavy (non-hydrogen) atoms. The van der Waals surface area contributed by atoms with Crippen LogP contribution in [0.4, 0.5) is 0 Å². The van der Waals surface area contributed by atoms with Crippen LogP contribution in [-0.4, -0.2) is 49.1 Å².